The zero-order valence-corrected chi connectivity index (χ0v) is 9.60. The summed E-state index contributed by atoms with van der Waals surface area (Å²) in [5.74, 6) is 0.855. The molecule has 0 fully saturated rings. The molecule has 84 valence electrons. The first kappa shape index (κ1) is 10.9. The minimum atomic E-state index is 0.457. The second kappa shape index (κ2) is 4.94. The molecular weight excluding hydrogens is 200 g/mol. The van der Waals surface area contributed by atoms with E-state index in [4.69, 9.17) is 4.52 Å². The van der Waals surface area contributed by atoms with Crippen molar-refractivity contribution in [2.75, 3.05) is 0 Å². The molecule has 0 radical (unpaired) electrons. The molecule has 0 atom stereocenters. The third-order valence-electron chi connectivity index (χ3n) is 2.38. The summed E-state index contributed by atoms with van der Waals surface area (Å²) in [5.41, 5.74) is 2.17. The molecule has 0 aliphatic carbocycles. The minimum absolute atomic E-state index is 0.457. The molecule has 16 heavy (non-hydrogen) atoms. The number of hydrogen-bond acceptors (Lipinski definition) is 3. The Balaban J connectivity index is 2.19. The van der Waals surface area contributed by atoms with E-state index in [0.29, 0.717) is 6.04 Å². The number of benzene rings is 1. The average molecular weight is 216 g/mol. The fourth-order valence-electron chi connectivity index (χ4n) is 1.53. The largest absolute Gasteiger partial charge is 0.356 e. The monoisotopic (exact) mass is 216 g/mol. The summed E-state index contributed by atoms with van der Waals surface area (Å²) in [6, 6.07) is 10.5. The Kier molecular flexibility index (Phi) is 3.37. The second-order valence-corrected chi connectivity index (χ2v) is 4.08. The van der Waals surface area contributed by atoms with Crippen molar-refractivity contribution >= 4 is 0 Å². The van der Waals surface area contributed by atoms with Crippen LogP contribution in [0.3, 0.4) is 0 Å². The van der Waals surface area contributed by atoms with Crippen molar-refractivity contribution in [1.82, 2.24) is 10.5 Å². The van der Waals surface area contributed by atoms with Crippen molar-refractivity contribution in [1.29, 1.82) is 0 Å². The van der Waals surface area contributed by atoms with E-state index in [1.54, 1.807) is 6.20 Å². The highest BCUT2D eigenvalue weighted by Crippen LogP contribution is 2.22. The molecule has 1 aromatic carbocycles. The maximum absolute atomic E-state index is 5.29. The van der Waals surface area contributed by atoms with Crippen LogP contribution >= 0.6 is 0 Å². The maximum atomic E-state index is 5.29. The van der Waals surface area contributed by atoms with Crippen molar-refractivity contribution in [3.8, 4) is 11.3 Å². The average Bonchev–Trinajstić information content (AvgIpc) is 2.75. The van der Waals surface area contributed by atoms with E-state index >= 15 is 0 Å². The van der Waals surface area contributed by atoms with Gasteiger partial charge in [-0.1, -0.05) is 49.3 Å². The number of hydrogen-bond donors (Lipinski definition) is 1. The van der Waals surface area contributed by atoms with Gasteiger partial charge in [-0.25, -0.2) is 0 Å². The lowest BCUT2D eigenvalue weighted by atomic mass is 10.1. The predicted molar refractivity (Wildman–Crippen MR) is 63.9 cm³/mol. The quantitative estimate of drug-likeness (QED) is 0.854. The first-order valence-corrected chi connectivity index (χ1v) is 5.49. The van der Waals surface area contributed by atoms with Crippen molar-refractivity contribution in [3.63, 3.8) is 0 Å². The van der Waals surface area contributed by atoms with Crippen molar-refractivity contribution in [2.45, 2.75) is 26.4 Å². The molecule has 0 spiro atoms. The van der Waals surface area contributed by atoms with E-state index in [0.717, 1.165) is 23.4 Å². The molecule has 0 aliphatic rings. The lowest BCUT2D eigenvalue weighted by Gasteiger charge is -2.06. The Morgan fingerprint density at radius 3 is 2.69 bits per heavy atom. The van der Waals surface area contributed by atoms with Gasteiger partial charge in [0.15, 0.2) is 5.76 Å². The highest BCUT2D eigenvalue weighted by Gasteiger charge is 2.09. The predicted octanol–water partition coefficient (Wildman–Crippen LogP) is 2.84. The van der Waals surface area contributed by atoms with Gasteiger partial charge < -0.3 is 9.84 Å². The highest BCUT2D eigenvalue weighted by molar-refractivity contribution is 5.60. The molecule has 2 rings (SSSR count). The lowest BCUT2D eigenvalue weighted by Crippen LogP contribution is -2.21. The highest BCUT2D eigenvalue weighted by atomic mass is 16.5. The second-order valence-electron chi connectivity index (χ2n) is 4.08. The van der Waals surface area contributed by atoms with Gasteiger partial charge in [-0.2, -0.15) is 0 Å². The molecule has 0 amide bonds. The molecule has 1 heterocycles. The molecule has 2 aromatic rings. The molecule has 0 aliphatic heterocycles. The van der Waals surface area contributed by atoms with Crippen LogP contribution in [-0.2, 0) is 6.54 Å². The first-order chi connectivity index (χ1) is 7.77. The molecule has 1 N–H and O–H groups in total. The van der Waals surface area contributed by atoms with E-state index in [1.807, 2.05) is 30.3 Å². The zero-order valence-electron chi connectivity index (χ0n) is 9.60. The fraction of sp³-hybridized carbons (Fsp3) is 0.308. The summed E-state index contributed by atoms with van der Waals surface area (Å²) in [4.78, 5) is 0. The van der Waals surface area contributed by atoms with Crippen LogP contribution < -0.4 is 5.32 Å². The van der Waals surface area contributed by atoms with Crippen LogP contribution in [0.15, 0.2) is 41.1 Å². The van der Waals surface area contributed by atoms with E-state index in [1.165, 1.54) is 0 Å². The number of aromatic nitrogens is 1. The van der Waals surface area contributed by atoms with Crippen LogP contribution in [0.4, 0.5) is 0 Å². The molecule has 1 aromatic heterocycles. The van der Waals surface area contributed by atoms with Crippen molar-refractivity contribution in [2.24, 2.45) is 0 Å². The normalized spacial score (nSPS) is 10.9. The van der Waals surface area contributed by atoms with E-state index in [-0.39, 0.29) is 0 Å². The number of rotatable bonds is 4. The Hall–Kier alpha value is -1.61. The van der Waals surface area contributed by atoms with Gasteiger partial charge in [-0.15, -0.1) is 0 Å². The van der Waals surface area contributed by atoms with Gasteiger partial charge >= 0.3 is 0 Å². The summed E-state index contributed by atoms with van der Waals surface area (Å²) in [5, 5.41) is 7.22. The summed E-state index contributed by atoms with van der Waals surface area (Å²) in [6.07, 6.45) is 1.78. The Morgan fingerprint density at radius 2 is 2.00 bits per heavy atom. The van der Waals surface area contributed by atoms with Crippen LogP contribution in [0.2, 0.25) is 0 Å². The summed E-state index contributed by atoms with van der Waals surface area (Å²) < 4.78 is 5.29. The third-order valence-corrected chi connectivity index (χ3v) is 2.38. The van der Waals surface area contributed by atoms with Gasteiger partial charge in [-0.05, 0) is 0 Å². The van der Waals surface area contributed by atoms with Gasteiger partial charge in [-0.3, -0.25) is 0 Å². The number of nitrogens with zero attached hydrogens (tertiary/aromatic N) is 1. The van der Waals surface area contributed by atoms with E-state index in [9.17, 15) is 0 Å². The van der Waals surface area contributed by atoms with Gasteiger partial charge in [0, 0.05) is 23.7 Å². The molecule has 0 bridgehead atoms. The van der Waals surface area contributed by atoms with Gasteiger partial charge in [0.2, 0.25) is 0 Å². The van der Waals surface area contributed by atoms with Crippen LogP contribution in [0, 0.1) is 0 Å². The third kappa shape index (κ3) is 2.49. The minimum Gasteiger partial charge on any atom is -0.356 e. The van der Waals surface area contributed by atoms with E-state index in [2.05, 4.69) is 24.3 Å². The Morgan fingerprint density at radius 1 is 1.25 bits per heavy atom. The molecular formula is C13H16N2O. The number of nitrogens with one attached hydrogen (secondary N) is 1. The molecule has 0 saturated heterocycles. The van der Waals surface area contributed by atoms with Crippen molar-refractivity contribution < 1.29 is 4.52 Å². The van der Waals surface area contributed by atoms with Crippen LogP contribution in [0.1, 0.15) is 19.4 Å². The molecule has 0 unspecified atom stereocenters. The SMILES string of the molecule is CC(C)NCc1cnoc1-c1ccccc1. The first-order valence-electron chi connectivity index (χ1n) is 5.49. The fourth-order valence-corrected chi connectivity index (χ4v) is 1.53. The van der Waals surface area contributed by atoms with E-state index < -0.39 is 0 Å². The van der Waals surface area contributed by atoms with Crippen molar-refractivity contribution in [3.05, 3.63) is 42.1 Å². The van der Waals surface area contributed by atoms with Gasteiger partial charge in [0.05, 0.1) is 6.20 Å². The molecule has 3 nitrogen and oxygen atoms in total. The topological polar surface area (TPSA) is 38.1 Å². The Bertz CT molecular complexity index is 434. The van der Waals surface area contributed by atoms with Gasteiger partial charge in [0.25, 0.3) is 0 Å². The summed E-state index contributed by atoms with van der Waals surface area (Å²) in [7, 11) is 0. The summed E-state index contributed by atoms with van der Waals surface area (Å²) >= 11 is 0. The maximum Gasteiger partial charge on any atom is 0.171 e. The zero-order chi connectivity index (χ0) is 11.4. The van der Waals surface area contributed by atoms with Crippen LogP contribution in [-0.4, -0.2) is 11.2 Å². The standard InChI is InChI=1S/C13H16N2O/c1-10(2)14-8-12-9-15-16-13(12)11-6-4-3-5-7-11/h3-7,9-10,14H,8H2,1-2H3. The van der Waals surface area contributed by atoms with Crippen LogP contribution in [0.25, 0.3) is 11.3 Å². The molecule has 0 saturated carbocycles. The Labute approximate surface area is 95.5 Å². The smallest absolute Gasteiger partial charge is 0.171 e. The van der Waals surface area contributed by atoms with Crippen LogP contribution in [0.5, 0.6) is 0 Å². The lowest BCUT2D eigenvalue weighted by molar-refractivity contribution is 0.431. The molecule has 3 heteroatoms. The van der Waals surface area contributed by atoms with Gasteiger partial charge in [0.1, 0.15) is 0 Å². The summed E-state index contributed by atoms with van der Waals surface area (Å²) in [6.45, 7) is 5.02.